The first-order valence-corrected chi connectivity index (χ1v) is 11.5. The molecule has 4 rings (SSSR count). The summed E-state index contributed by atoms with van der Waals surface area (Å²) < 4.78 is 16.5. The topological polar surface area (TPSA) is 69.7 Å². The Morgan fingerprint density at radius 1 is 0.971 bits per heavy atom. The molecule has 0 radical (unpaired) electrons. The number of thiazole rings is 1. The minimum atomic E-state index is -0.265. The number of anilines is 1. The van der Waals surface area contributed by atoms with Gasteiger partial charge in [-0.15, -0.1) is 11.3 Å². The third kappa shape index (κ3) is 6.02. The number of hydrogen-bond donors (Lipinski definition) is 1. The summed E-state index contributed by atoms with van der Waals surface area (Å²) >= 11 is 1.37. The predicted molar refractivity (Wildman–Crippen MR) is 136 cm³/mol. The van der Waals surface area contributed by atoms with Crippen LogP contribution in [0.4, 0.5) is 5.13 Å². The molecule has 0 aliphatic heterocycles. The smallest absolute Gasteiger partial charge is 0.250 e. The second-order valence-electron chi connectivity index (χ2n) is 7.27. The quantitative estimate of drug-likeness (QED) is 0.300. The molecule has 4 aromatic rings. The molecule has 0 saturated carbocycles. The number of carbonyl (C=O) groups is 1. The van der Waals surface area contributed by atoms with E-state index >= 15 is 0 Å². The zero-order valence-corrected chi connectivity index (χ0v) is 19.7. The molecule has 172 valence electrons. The fourth-order valence-corrected chi connectivity index (χ4v) is 3.91. The zero-order chi connectivity index (χ0) is 23.8. The Balaban J connectivity index is 1.36. The van der Waals surface area contributed by atoms with Gasteiger partial charge in [0.25, 0.3) is 0 Å². The van der Waals surface area contributed by atoms with Gasteiger partial charge in [0.2, 0.25) is 5.91 Å². The summed E-state index contributed by atoms with van der Waals surface area (Å²) in [6.07, 6.45) is 3.19. The van der Waals surface area contributed by atoms with Crippen molar-refractivity contribution in [3.8, 4) is 28.5 Å². The van der Waals surface area contributed by atoms with Crippen LogP contribution >= 0.6 is 11.3 Å². The van der Waals surface area contributed by atoms with Crippen LogP contribution in [-0.4, -0.2) is 25.1 Å². The van der Waals surface area contributed by atoms with Gasteiger partial charge >= 0.3 is 0 Å². The maximum atomic E-state index is 12.4. The Morgan fingerprint density at radius 3 is 2.50 bits per heavy atom. The third-order valence-corrected chi connectivity index (χ3v) is 5.73. The summed E-state index contributed by atoms with van der Waals surface area (Å²) in [5.41, 5.74) is 3.64. The predicted octanol–water partition coefficient (Wildman–Crippen LogP) is 6.06. The molecule has 0 bridgehead atoms. The van der Waals surface area contributed by atoms with Crippen LogP contribution in [0.1, 0.15) is 11.1 Å². The number of methoxy groups -OCH3 is 2. The summed E-state index contributed by atoms with van der Waals surface area (Å²) in [5, 5.41) is 5.24. The van der Waals surface area contributed by atoms with Crippen LogP contribution in [0.25, 0.3) is 17.3 Å². The largest absolute Gasteiger partial charge is 0.497 e. The van der Waals surface area contributed by atoms with Crippen molar-refractivity contribution in [2.45, 2.75) is 6.61 Å². The van der Waals surface area contributed by atoms with Crippen LogP contribution in [0, 0.1) is 0 Å². The lowest BCUT2D eigenvalue weighted by atomic mass is 10.2. The van der Waals surface area contributed by atoms with Gasteiger partial charge in [-0.3, -0.25) is 10.1 Å². The van der Waals surface area contributed by atoms with Gasteiger partial charge in [0.05, 0.1) is 19.9 Å². The number of hydrogen-bond acceptors (Lipinski definition) is 6. The molecule has 0 fully saturated rings. The molecular weight excluding hydrogens is 448 g/mol. The van der Waals surface area contributed by atoms with Crippen molar-refractivity contribution in [2.24, 2.45) is 0 Å². The molecule has 3 aromatic carbocycles. The Bertz CT molecular complexity index is 1270. The van der Waals surface area contributed by atoms with E-state index in [9.17, 15) is 4.79 Å². The molecular formula is C27H24N2O4S. The van der Waals surface area contributed by atoms with Crippen LogP contribution in [0.5, 0.6) is 17.2 Å². The Kier molecular flexibility index (Phi) is 7.57. The van der Waals surface area contributed by atoms with Crippen molar-refractivity contribution in [3.05, 3.63) is 95.4 Å². The van der Waals surface area contributed by atoms with Crippen molar-refractivity contribution in [3.63, 3.8) is 0 Å². The van der Waals surface area contributed by atoms with Crippen LogP contribution in [0.15, 0.2) is 84.3 Å². The average Bonchev–Trinajstić information content (AvgIpc) is 3.35. The molecule has 1 amide bonds. The second-order valence-corrected chi connectivity index (χ2v) is 8.13. The third-order valence-electron chi connectivity index (χ3n) is 4.97. The van der Waals surface area contributed by atoms with E-state index in [0.717, 1.165) is 28.1 Å². The molecule has 0 saturated heterocycles. The fraction of sp³-hybridized carbons (Fsp3) is 0.111. The lowest BCUT2D eigenvalue weighted by Gasteiger charge is -2.11. The lowest BCUT2D eigenvalue weighted by molar-refractivity contribution is -0.111. The number of benzene rings is 3. The summed E-state index contributed by atoms with van der Waals surface area (Å²) in [6, 6.07) is 23.1. The first-order valence-electron chi connectivity index (χ1n) is 10.6. The molecule has 1 aromatic heterocycles. The minimum absolute atomic E-state index is 0.265. The number of rotatable bonds is 9. The molecule has 0 aliphatic rings. The van der Waals surface area contributed by atoms with Gasteiger partial charge in [-0.25, -0.2) is 4.98 Å². The first kappa shape index (κ1) is 23.1. The van der Waals surface area contributed by atoms with Gasteiger partial charge in [0, 0.05) is 17.0 Å². The van der Waals surface area contributed by atoms with E-state index in [1.54, 1.807) is 20.3 Å². The molecule has 7 heteroatoms. The maximum absolute atomic E-state index is 12.4. The monoisotopic (exact) mass is 472 g/mol. The normalized spacial score (nSPS) is 10.8. The number of aromatic nitrogens is 1. The van der Waals surface area contributed by atoms with E-state index in [2.05, 4.69) is 10.3 Å². The Morgan fingerprint density at radius 2 is 1.76 bits per heavy atom. The average molecular weight is 473 g/mol. The number of amides is 1. The second kappa shape index (κ2) is 11.2. The fourth-order valence-electron chi connectivity index (χ4n) is 3.19. The summed E-state index contributed by atoms with van der Waals surface area (Å²) in [5.74, 6) is 1.76. The highest BCUT2D eigenvalue weighted by molar-refractivity contribution is 7.14. The molecule has 6 nitrogen and oxygen atoms in total. The Hall–Kier alpha value is -4.10. The van der Waals surface area contributed by atoms with Crippen molar-refractivity contribution < 1.29 is 19.0 Å². The first-order chi connectivity index (χ1) is 16.6. The SMILES string of the molecule is COc1ccc(-c2csc(NC(=O)/C=C/c3ccc(OCc4ccccc4)c(OC)c3)n2)cc1. The van der Waals surface area contributed by atoms with Crippen molar-refractivity contribution in [1.82, 2.24) is 4.98 Å². The van der Waals surface area contributed by atoms with Crippen molar-refractivity contribution in [2.75, 3.05) is 19.5 Å². The molecule has 1 N–H and O–H groups in total. The molecule has 1 heterocycles. The number of carbonyl (C=O) groups excluding carboxylic acids is 1. The van der Waals surface area contributed by atoms with E-state index in [0.29, 0.717) is 23.2 Å². The highest BCUT2D eigenvalue weighted by Crippen LogP contribution is 2.30. The molecule has 0 aliphatic carbocycles. The van der Waals surface area contributed by atoms with Crippen LogP contribution in [0.2, 0.25) is 0 Å². The van der Waals surface area contributed by atoms with Gasteiger partial charge in [-0.05, 0) is 53.6 Å². The van der Waals surface area contributed by atoms with E-state index in [4.69, 9.17) is 14.2 Å². The minimum Gasteiger partial charge on any atom is -0.497 e. The summed E-state index contributed by atoms with van der Waals surface area (Å²) in [6.45, 7) is 0.446. The van der Waals surface area contributed by atoms with Gasteiger partial charge in [-0.2, -0.15) is 0 Å². The highest BCUT2D eigenvalue weighted by atomic mass is 32.1. The van der Waals surface area contributed by atoms with Gasteiger partial charge in [-0.1, -0.05) is 36.4 Å². The number of nitrogens with zero attached hydrogens (tertiary/aromatic N) is 1. The van der Waals surface area contributed by atoms with E-state index < -0.39 is 0 Å². The number of ether oxygens (including phenoxy) is 3. The molecule has 0 spiro atoms. The molecule has 0 atom stereocenters. The van der Waals surface area contributed by atoms with Crippen LogP contribution < -0.4 is 19.5 Å². The van der Waals surface area contributed by atoms with Crippen molar-refractivity contribution >= 4 is 28.5 Å². The maximum Gasteiger partial charge on any atom is 0.250 e. The molecule has 34 heavy (non-hydrogen) atoms. The van der Waals surface area contributed by atoms with Gasteiger partial charge in [0.15, 0.2) is 16.6 Å². The molecule has 0 unspecified atom stereocenters. The van der Waals surface area contributed by atoms with E-state index in [1.807, 2.05) is 78.2 Å². The van der Waals surface area contributed by atoms with E-state index in [-0.39, 0.29) is 5.91 Å². The van der Waals surface area contributed by atoms with Crippen LogP contribution in [0.3, 0.4) is 0 Å². The Labute approximate surface area is 202 Å². The zero-order valence-electron chi connectivity index (χ0n) is 18.9. The van der Waals surface area contributed by atoms with Gasteiger partial charge in [0.1, 0.15) is 12.4 Å². The van der Waals surface area contributed by atoms with Crippen LogP contribution in [-0.2, 0) is 11.4 Å². The number of nitrogens with one attached hydrogen (secondary N) is 1. The van der Waals surface area contributed by atoms with E-state index in [1.165, 1.54) is 17.4 Å². The summed E-state index contributed by atoms with van der Waals surface area (Å²) in [7, 11) is 3.22. The summed E-state index contributed by atoms with van der Waals surface area (Å²) in [4.78, 5) is 16.9. The lowest BCUT2D eigenvalue weighted by Crippen LogP contribution is -2.07. The van der Waals surface area contributed by atoms with Gasteiger partial charge < -0.3 is 14.2 Å². The highest BCUT2D eigenvalue weighted by Gasteiger charge is 2.08. The van der Waals surface area contributed by atoms with Crippen molar-refractivity contribution in [1.29, 1.82) is 0 Å². The standard InChI is InChI=1S/C27H24N2O4S/c1-31-22-12-10-21(11-13-22)23-18-34-27(28-23)29-26(30)15-9-19-8-14-24(25(16-19)32-2)33-17-20-6-4-3-5-7-20/h3-16,18H,17H2,1-2H3,(H,28,29,30)/b15-9+.